The number of halogens is 3. The molecule has 0 heterocycles. The molecule has 0 radical (unpaired) electrons. The number of hydrogen-bond acceptors (Lipinski definition) is 5. The number of carbonyl (C=O) groups excluding carboxylic acids is 1. The van der Waals surface area contributed by atoms with E-state index in [4.69, 9.17) is 4.74 Å². The van der Waals surface area contributed by atoms with Gasteiger partial charge in [-0.2, -0.15) is 13.2 Å². The highest BCUT2D eigenvalue weighted by molar-refractivity contribution is 8.00. The smallest absolute Gasteiger partial charge is 0.416 e. The molecule has 0 aromatic heterocycles. The third-order valence-corrected chi connectivity index (χ3v) is 6.56. The topological polar surface area (TPSA) is 75.7 Å². The lowest BCUT2D eigenvalue weighted by Crippen LogP contribution is -2.22. The molecule has 0 unspecified atom stereocenters. The zero-order chi connectivity index (χ0) is 21.8. The van der Waals surface area contributed by atoms with Gasteiger partial charge in [-0.1, -0.05) is 6.07 Å². The van der Waals surface area contributed by atoms with Gasteiger partial charge in [0.2, 0.25) is 15.9 Å². The third-order valence-electron chi connectivity index (χ3n) is 3.75. The Morgan fingerprint density at radius 3 is 2.45 bits per heavy atom. The lowest BCUT2D eigenvalue weighted by molar-refractivity contribution is -0.137. The van der Waals surface area contributed by atoms with Crippen molar-refractivity contribution in [2.75, 3.05) is 32.3 Å². The quantitative estimate of drug-likeness (QED) is 0.654. The van der Waals surface area contributed by atoms with Crippen LogP contribution < -0.4 is 10.1 Å². The van der Waals surface area contributed by atoms with E-state index in [0.717, 1.165) is 28.2 Å². The Balaban J connectivity index is 2.14. The summed E-state index contributed by atoms with van der Waals surface area (Å²) >= 11 is 0.927. The molecule has 2 rings (SSSR count). The first-order valence-electron chi connectivity index (χ1n) is 8.15. The number of rotatable bonds is 7. The normalized spacial score (nSPS) is 12.1. The van der Waals surface area contributed by atoms with Crippen LogP contribution in [0, 0.1) is 0 Å². The van der Waals surface area contributed by atoms with Crippen molar-refractivity contribution in [2.45, 2.75) is 16.0 Å². The van der Waals surface area contributed by atoms with Gasteiger partial charge in [-0.3, -0.25) is 4.79 Å². The first kappa shape index (κ1) is 23.0. The van der Waals surface area contributed by atoms with E-state index in [1.807, 2.05) is 0 Å². The highest BCUT2D eigenvalue weighted by Crippen LogP contribution is 2.32. The SMILES string of the molecule is COc1ccc(S(=O)(=O)N(C)C)cc1NC(=O)CSc1cccc(C(F)(F)F)c1. The highest BCUT2D eigenvalue weighted by Gasteiger charge is 2.30. The molecule has 1 amide bonds. The van der Waals surface area contributed by atoms with E-state index >= 15 is 0 Å². The predicted octanol–water partition coefficient (Wildman–Crippen LogP) is 3.70. The van der Waals surface area contributed by atoms with Crippen LogP contribution in [0.15, 0.2) is 52.3 Å². The monoisotopic (exact) mass is 448 g/mol. The van der Waals surface area contributed by atoms with Gasteiger partial charge in [-0.25, -0.2) is 12.7 Å². The summed E-state index contributed by atoms with van der Waals surface area (Å²) in [5.74, 6) is -0.444. The van der Waals surface area contributed by atoms with Crippen molar-refractivity contribution in [1.82, 2.24) is 4.31 Å². The summed E-state index contributed by atoms with van der Waals surface area (Å²) in [6, 6.07) is 8.67. The number of nitrogens with zero attached hydrogens (tertiary/aromatic N) is 1. The van der Waals surface area contributed by atoms with Crippen LogP contribution in [0.25, 0.3) is 0 Å². The van der Waals surface area contributed by atoms with Crippen molar-refractivity contribution in [1.29, 1.82) is 0 Å². The molecule has 11 heteroatoms. The minimum Gasteiger partial charge on any atom is -0.495 e. The number of ether oxygens (including phenoxy) is 1. The minimum absolute atomic E-state index is 0.0378. The second-order valence-corrected chi connectivity index (χ2v) is 9.21. The molecule has 2 aromatic carbocycles. The van der Waals surface area contributed by atoms with Gasteiger partial charge in [-0.15, -0.1) is 11.8 Å². The summed E-state index contributed by atoms with van der Waals surface area (Å²) in [5.41, 5.74) is -0.656. The molecule has 0 bridgehead atoms. The molecule has 0 spiro atoms. The standard InChI is InChI=1S/C18H19F3N2O4S2/c1-23(2)29(25,26)14-7-8-16(27-3)15(10-14)22-17(24)11-28-13-6-4-5-12(9-13)18(19,20)21/h4-10H,11H2,1-3H3,(H,22,24). The molecular formula is C18H19F3N2O4S2. The van der Waals surface area contributed by atoms with Crippen LogP contribution in [-0.4, -0.2) is 45.6 Å². The molecule has 1 N–H and O–H groups in total. The number of amides is 1. The number of methoxy groups -OCH3 is 1. The molecule has 6 nitrogen and oxygen atoms in total. The van der Waals surface area contributed by atoms with Gasteiger partial charge in [0.05, 0.1) is 29.0 Å². The molecular weight excluding hydrogens is 429 g/mol. The van der Waals surface area contributed by atoms with Crippen molar-refractivity contribution >= 4 is 33.4 Å². The van der Waals surface area contributed by atoms with Crippen molar-refractivity contribution in [3.63, 3.8) is 0 Å². The molecule has 0 fully saturated rings. The van der Waals surface area contributed by atoms with Crippen molar-refractivity contribution in [3.8, 4) is 5.75 Å². The molecule has 0 saturated carbocycles. The van der Waals surface area contributed by atoms with E-state index in [9.17, 15) is 26.4 Å². The van der Waals surface area contributed by atoms with Gasteiger partial charge in [0.1, 0.15) is 5.75 Å². The molecule has 29 heavy (non-hydrogen) atoms. The van der Waals surface area contributed by atoms with Crippen LogP contribution in [-0.2, 0) is 21.0 Å². The van der Waals surface area contributed by atoms with E-state index in [1.165, 1.54) is 51.5 Å². The Morgan fingerprint density at radius 1 is 1.17 bits per heavy atom. The van der Waals surface area contributed by atoms with Crippen molar-refractivity contribution in [3.05, 3.63) is 48.0 Å². The fourth-order valence-corrected chi connectivity index (χ4v) is 3.94. The fraction of sp³-hybridized carbons (Fsp3) is 0.278. The number of alkyl halides is 3. The lowest BCUT2D eigenvalue weighted by atomic mass is 10.2. The van der Waals surface area contributed by atoms with Gasteiger partial charge in [-0.05, 0) is 36.4 Å². The van der Waals surface area contributed by atoms with Gasteiger partial charge in [0.25, 0.3) is 0 Å². The van der Waals surface area contributed by atoms with Crippen LogP contribution in [0.5, 0.6) is 5.75 Å². The number of anilines is 1. The second-order valence-electron chi connectivity index (χ2n) is 6.01. The fourth-order valence-electron chi connectivity index (χ4n) is 2.25. The average Bonchev–Trinajstić information content (AvgIpc) is 2.65. The first-order chi connectivity index (χ1) is 13.4. The highest BCUT2D eigenvalue weighted by atomic mass is 32.2. The maximum Gasteiger partial charge on any atom is 0.416 e. The van der Waals surface area contributed by atoms with E-state index < -0.39 is 27.7 Å². The summed E-state index contributed by atoms with van der Waals surface area (Å²) in [6.07, 6.45) is -4.47. The molecule has 0 aliphatic carbocycles. The third kappa shape index (κ3) is 5.87. The van der Waals surface area contributed by atoms with E-state index in [-0.39, 0.29) is 27.0 Å². The number of thioether (sulfide) groups is 1. The number of carbonyl (C=O) groups is 1. The molecule has 2 aromatic rings. The Morgan fingerprint density at radius 2 is 1.86 bits per heavy atom. The Hall–Kier alpha value is -2.24. The van der Waals surface area contributed by atoms with Crippen LogP contribution in [0.2, 0.25) is 0 Å². The minimum atomic E-state index is -4.47. The summed E-state index contributed by atoms with van der Waals surface area (Å²) in [4.78, 5) is 12.5. The molecule has 158 valence electrons. The van der Waals surface area contributed by atoms with Gasteiger partial charge < -0.3 is 10.1 Å². The number of benzene rings is 2. The van der Waals surface area contributed by atoms with E-state index in [0.29, 0.717) is 0 Å². The summed E-state index contributed by atoms with van der Waals surface area (Å²) in [7, 11) is 0.401. The van der Waals surface area contributed by atoms with Crippen LogP contribution in [0.1, 0.15) is 5.56 Å². The molecule has 0 aliphatic rings. The summed E-state index contributed by atoms with van der Waals surface area (Å²) < 4.78 is 69.0. The van der Waals surface area contributed by atoms with Gasteiger partial charge in [0, 0.05) is 19.0 Å². The number of sulfonamides is 1. The summed E-state index contributed by atoms with van der Waals surface area (Å²) in [5, 5.41) is 2.54. The largest absolute Gasteiger partial charge is 0.495 e. The predicted molar refractivity (Wildman–Crippen MR) is 105 cm³/mol. The maximum absolute atomic E-state index is 12.8. The van der Waals surface area contributed by atoms with E-state index in [2.05, 4.69) is 5.32 Å². The van der Waals surface area contributed by atoms with Crippen LogP contribution >= 0.6 is 11.8 Å². The Kier molecular flexibility index (Phi) is 7.20. The number of nitrogens with one attached hydrogen (secondary N) is 1. The van der Waals surface area contributed by atoms with Gasteiger partial charge in [0.15, 0.2) is 0 Å². The Bertz CT molecular complexity index is 993. The zero-order valence-electron chi connectivity index (χ0n) is 15.8. The molecule has 0 aliphatic heterocycles. The number of hydrogen-bond donors (Lipinski definition) is 1. The Labute approximate surface area is 171 Å². The van der Waals surface area contributed by atoms with E-state index in [1.54, 1.807) is 0 Å². The van der Waals surface area contributed by atoms with Crippen LogP contribution in [0.3, 0.4) is 0 Å². The molecule has 0 saturated heterocycles. The first-order valence-corrected chi connectivity index (χ1v) is 10.6. The maximum atomic E-state index is 12.8. The van der Waals surface area contributed by atoms with Crippen LogP contribution in [0.4, 0.5) is 18.9 Å². The second kappa shape index (κ2) is 9.06. The summed E-state index contributed by atoms with van der Waals surface area (Å²) in [6.45, 7) is 0. The van der Waals surface area contributed by atoms with Crippen molar-refractivity contribution < 1.29 is 31.1 Å². The lowest BCUT2D eigenvalue weighted by Gasteiger charge is -2.15. The van der Waals surface area contributed by atoms with Crippen molar-refractivity contribution in [2.24, 2.45) is 0 Å². The zero-order valence-corrected chi connectivity index (χ0v) is 17.4. The van der Waals surface area contributed by atoms with Gasteiger partial charge >= 0.3 is 6.18 Å². The average molecular weight is 448 g/mol. The molecule has 0 atom stereocenters.